The van der Waals surface area contributed by atoms with Crippen LogP contribution in [0.5, 0.6) is 5.75 Å². The first-order valence-corrected chi connectivity index (χ1v) is 8.96. The van der Waals surface area contributed by atoms with Gasteiger partial charge in [0.25, 0.3) is 5.91 Å². The number of anilines is 1. The Bertz CT molecular complexity index is 1070. The summed E-state index contributed by atoms with van der Waals surface area (Å²) in [5.74, 6) is 0.617. The molecule has 1 amide bonds. The van der Waals surface area contributed by atoms with Crippen molar-refractivity contribution < 1.29 is 9.53 Å². The van der Waals surface area contributed by atoms with Crippen molar-refractivity contribution in [2.45, 2.75) is 6.92 Å². The molecule has 130 valence electrons. The van der Waals surface area contributed by atoms with Crippen LogP contribution < -0.4 is 10.1 Å². The second-order valence-electron chi connectivity index (χ2n) is 5.84. The highest BCUT2D eigenvalue weighted by molar-refractivity contribution is 7.19. The van der Waals surface area contributed by atoms with Crippen molar-refractivity contribution in [1.82, 2.24) is 9.38 Å². The molecule has 0 atom stereocenters. The molecule has 4 rings (SSSR count). The lowest BCUT2D eigenvalue weighted by molar-refractivity contribution is 0.102. The van der Waals surface area contributed by atoms with Crippen LogP contribution in [0.25, 0.3) is 16.2 Å². The summed E-state index contributed by atoms with van der Waals surface area (Å²) in [5, 5.41) is 2.92. The Labute approximate surface area is 154 Å². The van der Waals surface area contributed by atoms with E-state index < -0.39 is 0 Å². The van der Waals surface area contributed by atoms with Crippen molar-refractivity contribution in [1.29, 1.82) is 0 Å². The second kappa shape index (κ2) is 6.65. The van der Waals surface area contributed by atoms with Crippen LogP contribution in [-0.4, -0.2) is 22.4 Å². The Morgan fingerprint density at radius 1 is 1.12 bits per heavy atom. The Morgan fingerprint density at radius 3 is 2.50 bits per heavy atom. The minimum Gasteiger partial charge on any atom is -0.497 e. The number of nitrogens with zero attached hydrogens (tertiary/aromatic N) is 2. The fourth-order valence-corrected chi connectivity index (χ4v) is 3.78. The number of hydrogen-bond donors (Lipinski definition) is 1. The first kappa shape index (κ1) is 16.4. The molecule has 6 heteroatoms. The molecule has 0 saturated carbocycles. The first-order chi connectivity index (χ1) is 12.7. The summed E-state index contributed by atoms with van der Waals surface area (Å²) in [6.45, 7) is 1.93. The van der Waals surface area contributed by atoms with E-state index in [0.29, 0.717) is 4.88 Å². The number of hydrogen-bond acceptors (Lipinski definition) is 4. The highest BCUT2D eigenvalue weighted by Gasteiger charge is 2.18. The van der Waals surface area contributed by atoms with E-state index in [-0.39, 0.29) is 5.91 Å². The van der Waals surface area contributed by atoms with E-state index in [9.17, 15) is 4.79 Å². The van der Waals surface area contributed by atoms with Crippen LogP contribution in [0.3, 0.4) is 0 Å². The SMILES string of the molecule is COc1ccc(NC(=O)c2sc3nc(-c4ccccc4)cn3c2C)cc1. The van der Waals surface area contributed by atoms with Gasteiger partial charge in [-0.1, -0.05) is 41.7 Å². The minimum atomic E-state index is -0.135. The zero-order chi connectivity index (χ0) is 18.1. The third kappa shape index (κ3) is 2.95. The normalized spacial score (nSPS) is 10.8. The van der Waals surface area contributed by atoms with Crippen molar-refractivity contribution in [3.63, 3.8) is 0 Å². The van der Waals surface area contributed by atoms with Gasteiger partial charge in [-0.15, -0.1) is 0 Å². The molecule has 0 aliphatic carbocycles. The molecule has 4 aromatic rings. The van der Waals surface area contributed by atoms with Crippen LogP contribution in [-0.2, 0) is 0 Å². The number of benzene rings is 2. The Hall–Kier alpha value is -3.12. The van der Waals surface area contributed by atoms with Gasteiger partial charge in [-0.05, 0) is 31.2 Å². The fraction of sp³-hybridized carbons (Fsp3) is 0.100. The number of nitrogens with one attached hydrogen (secondary N) is 1. The number of thiazole rings is 1. The van der Waals surface area contributed by atoms with Gasteiger partial charge < -0.3 is 10.1 Å². The van der Waals surface area contributed by atoms with Crippen molar-refractivity contribution >= 4 is 27.9 Å². The predicted molar refractivity (Wildman–Crippen MR) is 104 cm³/mol. The highest BCUT2D eigenvalue weighted by atomic mass is 32.1. The number of aromatic nitrogens is 2. The van der Waals surface area contributed by atoms with Gasteiger partial charge in [0.2, 0.25) is 0 Å². The molecule has 0 aliphatic heterocycles. The zero-order valence-electron chi connectivity index (χ0n) is 14.4. The van der Waals surface area contributed by atoms with E-state index in [1.807, 2.05) is 72.1 Å². The van der Waals surface area contributed by atoms with E-state index in [1.165, 1.54) is 11.3 Å². The maximum atomic E-state index is 12.6. The number of amides is 1. The van der Waals surface area contributed by atoms with E-state index >= 15 is 0 Å². The Kier molecular flexibility index (Phi) is 4.18. The highest BCUT2D eigenvalue weighted by Crippen LogP contribution is 2.28. The van der Waals surface area contributed by atoms with Gasteiger partial charge in [0.05, 0.1) is 12.8 Å². The lowest BCUT2D eigenvalue weighted by Gasteiger charge is -2.05. The smallest absolute Gasteiger partial charge is 0.267 e. The third-order valence-electron chi connectivity index (χ3n) is 4.18. The van der Waals surface area contributed by atoms with Gasteiger partial charge in [-0.3, -0.25) is 9.20 Å². The number of rotatable bonds is 4. The summed E-state index contributed by atoms with van der Waals surface area (Å²) in [6, 6.07) is 17.3. The average molecular weight is 363 g/mol. The topological polar surface area (TPSA) is 55.6 Å². The van der Waals surface area contributed by atoms with E-state index in [4.69, 9.17) is 4.74 Å². The third-order valence-corrected chi connectivity index (χ3v) is 5.34. The van der Waals surface area contributed by atoms with Crippen LogP contribution in [0.4, 0.5) is 5.69 Å². The predicted octanol–water partition coefficient (Wildman–Crippen LogP) is 4.63. The van der Waals surface area contributed by atoms with Crippen molar-refractivity contribution in [3.8, 4) is 17.0 Å². The Morgan fingerprint density at radius 2 is 1.85 bits per heavy atom. The lowest BCUT2D eigenvalue weighted by Crippen LogP contribution is -2.11. The monoisotopic (exact) mass is 363 g/mol. The van der Waals surface area contributed by atoms with Crippen molar-refractivity contribution in [3.05, 3.63) is 71.4 Å². The average Bonchev–Trinajstić information content (AvgIpc) is 3.23. The van der Waals surface area contributed by atoms with Gasteiger partial charge in [0, 0.05) is 23.1 Å². The molecule has 26 heavy (non-hydrogen) atoms. The van der Waals surface area contributed by atoms with Gasteiger partial charge in [-0.2, -0.15) is 0 Å². The number of fused-ring (bicyclic) bond motifs is 1. The van der Waals surface area contributed by atoms with Gasteiger partial charge in [0.15, 0.2) is 4.96 Å². The van der Waals surface area contributed by atoms with E-state index in [1.54, 1.807) is 7.11 Å². The molecule has 2 heterocycles. The maximum absolute atomic E-state index is 12.6. The molecular formula is C20H17N3O2S. The summed E-state index contributed by atoms with van der Waals surface area (Å²) in [4.78, 5) is 18.8. The second-order valence-corrected chi connectivity index (χ2v) is 6.82. The zero-order valence-corrected chi connectivity index (χ0v) is 15.2. The van der Waals surface area contributed by atoms with Crippen LogP contribution in [0, 0.1) is 6.92 Å². The molecule has 2 aromatic heterocycles. The van der Waals surface area contributed by atoms with Crippen molar-refractivity contribution in [2.24, 2.45) is 0 Å². The standard InChI is InChI=1S/C20H17N3O2S/c1-13-18(19(24)21-15-8-10-16(25-2)11-9-15)26-20-22-17(12-23(13)20)14-6-4-3-5-7-14/h3-12H,1-2H3,(H,21,24). The van der Waals surface area contributed by atoms with Crippen LogP contribution >= 0.6 is 11.3 Å². The molecule has 2 aromatic carbocycles. The van der Waals surface area contributed by atoms with Crippen molar-refractivity contribution in [2.75, 3.05) is 12.4 Å². The van der Waals surface area contributed by atoms with E-state index in [2.05, 4.69) is 10.3 Å². The summed E-state index contributed by atoms with van der Waals surface area (Å²) >= 11 is 1.39. The summed E-state index contributed by atoms with van der Waals surface area (Å²) in [6.07, 6.45) is 1.97. The summed E-state index contributed by atoms with van der Waals surface area (Å²) in [7, 11) is 1.61. The number of carbonyl (C=O) groups excluding carboxylic acids is 1. The van der Waals surface area contributed by atoms with Gasteiger partial charge in [-0.25, -0.2) is 4.98 Å². The number of methoxy groups -OCH3 is 1. The number of carbonyl (C=O) groups is 1. The summed E-state index contributed by atoms with van der Waals surface area (Å²) in [5.41, 5.74) is 3.58. The molecule has 0 saturated heterocycles. The first-order valence-electron chi connectivity index (χ1n) is 8.15. The number of aryl methyl sites for hydroxylation is 1. The number of imidazole rings is 1. The minimum absolute atomic E-state index is 0.135. The molecule has 0 unspecified atom stereocenters. The molecule has 5 nitrogen and oxygen atoms in total. The van der Waals surface area contributed by atoms with Gasteiger partial charge in [0.1, 0.15) is 10.6 Å². The molecule has 0 fully saturated rings. The maximum Gasteiger partial charge on any atom is 0.267 e. The summed E-state index contributed by atoms with van der Waals surface area (Å²) < 4.78 is 7.10. The fourth-order valence-electron chi connectivity index (χ4n) is 2.77. The molecule has 1 N–H and O–H groups in total. The number of ether oxygens (including phenoxy) is 1. The van der Waals surface area contributed by atoms with Crippen LogP contribution in [0.15, 0.2) is 60.8 Å². The largest absolute Gasteiger partial charge is 0.497 e. The van der Waals surface area contributed by atoms with Gasteiger partial charge >= 0.3 is 0 Å². The van der Waals surface area contributed by atoms with Crippen LogP contribution in [0.1, 0.15) is 15.4 Å². The lowest BCUT2D eigenvalue weighted by atomic mass is 10.2. The quantitative estimate of drug-likeness (QED) is 0.575. The molecule has 0 bridgehead atoms. The molecular weight excluding hydrogens is 346 g/mol. The molecule has 0 aliphatic rings. The van der Waals surface area contributed by atoms with Crippen LogP contribution in [0.2, 0.25) is 0 Å². The Balaban J connectivity index is 1.61. The van der Waals surface area contributed by atoms with E-state index in [0.717, 1.165) is 33.3 Å². The molecule has 0 radical (unpaired) electrons. The molecule has 0 spiro atoms.